The summed E-state index contributed by atoms with van der Waals surface area (Å²) in [5, 5.41) is 11.5. The van der Waals surface area contributed by atoms with Gasteiger partial charge in [0.05, 0.1) is 31.0 Å². The van der Waals surface area contributed by atoms with Gasteiger partial charge in [-0.15, -0.1) is 0 Å². The molecule has 1 N–H and O–H groups in total. The Balaban J connectivity index is 4.10. The molecule has 1 fully saturated rings. The molecule has 0 spiro atoms. The first-order valence-corrected chi connectivity index (χ1v) is 29.1. The molecule has 270 valence electrons. The molecule has 0 amide bonds. The van der Waals surface area contributed by atoms with E-state index in [1.54, 1.807) is 0 Å². The summed E-state index contributed by atoms with van der Waals surface area (Å²) in [5.41, 5.74) is -0.896. The van der Waals surface area contributed by atoms with Crippen molar-refractivity contribution in [3.63, 3.8) is 0 Å². The summed E-state index contributed by atoms with van der Waals surface area (Å²) in [6, 6.07) is 0. The van der Waals surface area contributed by atoms with Crippen LogP contribution in [0.3, 0.4) is 0 Å². The van der Waals surface area contributed by atoms with Crippen molar-refractivity contribution in [1.82, 2.24) is 0 Å². The second-order valence-corrected chi connectivity index (χ2v) is 39.5. The largest absolute Gasteiger partial charge is 0.414 e. The first-order valence-electron chi connectivity index (χ1n) is 17.5. The SMILES string of the molecule is C[C@H]1[C@H](O)[C@@H](C)O[C@@](C)([C@H](O[Si](C)(C)C(C)(C)C)[C@@H](CO[Si](C)(C)C(C)(C)C)O[Si](C)(C)C(C)(C)C)[C@@H]1O[Si](C)(C)C(C)(C)C. The fraction of sp³-hybridized carbons (Fsp3) is 1.00. The maximum absolute atomic E-state index is 11.5. The Morgan fingerprint density at radius 3 is 1.40 bits per heavy atom. The first kappa shape index (κ1) is 43.6. The van der Waals surface area contributed by atoms with Crippen molar-refractivity contribution < 1.29 is 27.5 Å². The summed E-state index contributed by atoms with van der Waals surface area (Å²) >= 11 is 0. The normalized spacial score (nSPS) is 28.3. The van der Waals surface area contributed by atoms with Gasteiger partial charge < -0.3 is 27.5 Å². The van der Waals surface area contributed by atoms with Crippen molar-refractivity contribution in [1.29, 1.82) is 0 Å². The number of ether oxygens (including phenoxy) is 1. The van der Waals surface area contributed by atoms with Crippen molar-refractivity contribution in [2.45, 2.75) is 213 Å². The molecule has 0 aromatic carbocycles. The van der Waals surface area contributed by atoms with Gasteiger partial charge in [0, 0.05) is 5.92 Å². The molecule has 6 nitrogen and oxygen atoms in total. The summed E-state index contributed by atoms with van der Waals surface area (Å²) in [4.78, 5) is 0. The van der Waals surface area contributed by atoms with Crippen LogP contribution in [0.2, 0.25) is 72.5 Å². The molecule has 0 aliphatic carbocycles. The van der Waals surface area contributed by atoms with E-state index >= 15 is 0 Å². The first-order chi connectivity index (χ1) is 19.5. The summed E-state index contributed by atoms with van der Waals surface area (Å²) < 4.78 is 36.4. The molecule has 1 saturated heterocycles. The third-order valence-electron chi connectivity index (χ3n) is 12.5. The van der Waals surface area contributed by atoms with Crippen LogP contribution in [0.25, 0.3) is 0 Å². The highest BCUT2D eigenvalue weighted by atomic mass is 28.4. The zero-order chi connectivity index (χ0) is 36.2. The van der Waals surface area contributed by atoms with E-state index in [9.17, 15) is 5.11 Å². The lowest BCUT2D eigenvalue weighted by atomic mass is 9.76. The van der Waals surface area contributed by atoms with E-state index in [-0.39, 0.29) is 38.3 Å². The smallest absolute Gasteiger partial charge is 0.192 e. The van der Waals surface area contributed by atoms with Crippen LogP contribution in [-0.4, -0.2) is 81.1 Å². The molecule has 0 aromatic rings. The van der Waals surface area contributed by atoms with Crippen molar-refractivity contribution in [3.8, 4) is 0 Å². The number of aliphatic hydroxyl groups excluding tert-OH is 1. The fourth-order valence-corrected chi connectivity index (χ4v) is 10.0. The topological polar surface area (TPSA) is 66.4 Å². The van der Waals surface area contributed by atoms with Gasteiger partial charge in [-0.2, -0.15) is 0 Å². The zero-order valence-electron chi connectivity index (χ0n) is 34.2. The molecule has 1 aliphatic rings. The van der Waals surface area contributed by atoms with Gasteiger partial charge in [-0.1, -0.05) is 90.0 Å². The van der Waals surface area contributed by atoms with Crippen LogP contribution in [0.15, 0.2) is 0 Å². The van der Waals surface area contributed by atoms with Gasteiger partial charge in [-0.05, 0) is 86.4 Å². The molecular weight excluding hydrogens is 629 g/mol. The van der Waals surface area contributed by atoms with E-state index in [0.717, 1.165) is 0 Å². The average molecular weight is 707 g/mol. The van der Waals surface area contributed by atoms with Crippen molar-refractivity contribution >= 4 is 33.3 Å². The van der Waals surface area contributed by atoms with Crippen LogP contribution >= 0.6 is 0 Å². The van der Waals surface area contributed by atoms with Gasteiger partial charge in [-0.3, -0.25) is 0 Å². The summed E-state index contributed by atoms with van der Waals surface area (Å²) in [7, 11) is -9.11. The third kappa shape index (κ3) is 9.87. The highest BCUT2D eigenvalue weighted by Gasteiger charge is 2.61. The van der Waals surface area contributed by atoms with Gasteiger partial charge in [0.25, 0.3) is 0 Å². The molecule has 7 atom stereocenters. The third-order valence-corrected chi connectivity index (χ3v) is 30.4. The van der Waals surface area contributed by atoms with E-state index in [1.807, 2.05) is 6.92 Å². The molecule has 0 unspecified atom stereocenters. The Morgan fingerprint density at radius 2 is 1.02 bits per heavy atom. The lowest BCUT2D eigenvalue weighted by Gasteiger charge is -2.58. The molecule has 0 radical (unpaired) electrons. The van der Waals surface area contributed by atoms with Gasteiger partial charge >= 0.3 is 0 Å². The molecular formula is C35H78O6Si4. The maximum atomic E-state index is 11.5. The monoisotopic (exact) mass is 706 g/mol. The molecule has 1 rings (SSSR count). The van der Waals surface area contributed by atoms with Gasteiger partial charge in [0.15, 0.2) is 33.3 Å². The number of rotatable bonds is 11. The lowest BCUT2D eigenvalue weighted by molar-refractivity contribution is -0.272. The molecule has 10 heteroatoms. The average Bonchev–Trinajstić information content (AvgIpc) is 2.78. The quantitative estimate of drug-likeness (QED) is 0.216. The van der Waals surface area contributed by atoms with Crippen LogP contribution in [0, 0.1) is 5.92 Å². The minimum Gasteiger partial charge on any atom is -0.414 e. The molecule has 45 heavy (non-hydrogen) atoms. The Labute approximate surface area is 285 Å². The van der Waals surface area contributed by atoms with Crippen LogP contribution in [0.5, 0.6) is 0 Å². The summed E-state index contributed by atoms with van der Waals surface area (Å²) in [6.45, 7) is 52.6. The Hall–Kier alpha value is 0.628. The zero-order valence-corrected chi connectivity index (χ0v) is 38.2. The molecule has 0 bridgehead atoms. The van der Waals surface area contributed by atoms with Crippen LogP contribution in [0.1, 0.15) is 104 Å². The predicted octanol–water partition coefficient (Wildman–Crippen LogP) is 10.4. The van der Waals surface area contributed by atoms with Crippen LogP contribution in [-0.2, 0) is 22.4 Å². The van der Waals surface area contributed by atoms with E-state index in [4.69, 9.17) is 22.4 Å². The number of hydrogen-bond donors (Lipinski definition) is 1. The van der Waals surface area contributed by atoms with E-state index in [2.05, 4.69) is 149 Å². The van der Waals surface area contributed by atoms with Crippen LogP contribution in [0.4, 0.5) is 0 Å². The Bertz CT molecular complexity index is 971. The highest BCUT2D eigenvalue weighted by Crippen LogP contribution is 2.49. The summed E-state index contributed by atoms with van der Waals surface area (Å²) in [5.74, 6) is -0.159. The Morgan fingerprint density at radius 1 is 0.644 bits per heavy atom. The van der Waals surface area contributed by atoms with Crippen molar-refractivity contribution in [2.24, 2.45) is 5.92 Å². The van der Waals surface area contributed by atoms with Gasteiger partial charge in [0.1, 0.15) is 11.7 Å². The highest BCUT2D eigenvalue weighted by molar-refractivity contribution is 6.75. The number of aliphatic hydroxyl groups is 1. The van der Waals surface area contributed by atoms with Gasteiger partial charge in [-0.25, -0.2) is 0 Å². The van der Waals surface area contributed by atoms with Crippen molar-refractivity contribution in [2.75, 3.05) is 6.61 Å². The Kier molecular flexibility index (Phi) is 13.3. The van der Waals surface area contributed by atoms with Gasteiger partial charge in [0.2, 0.25) is 0 Å². The minimum absolute atomic E-state index is 0.00804. The second kappa shape index (κ2) is 13.7. The standard InChI is InChI=1S/C35H78O6Si4/c1-25-28(36)26(2)38-35(15,29(25)40-44(20,21)33(9,10)11)30(41-45(22,23)34(12,13)14)27(39-43(18,19)32(6,7)8)24-37-42(16,17)31(3,4)5/h25-30,36H,24H2,1-23H3/t25-,26+,27+,28-,29+,30+,35+/m0/s1. The molecule has 0 aromatic heterocycles. The lowest BCUT2D eigenvalue weighted by Crippen LogP contribution is -2.71. The molecule has 1 heterocycles. The number of hydrogen-bond acceptors (Lipinski definition) is 6. The minimum atomic E-state index is -2.38. The van der Waals surface area contributed by atoms with E-state index < -0.39 is 57.2 Å². The molecule has 0 saturated carbocycles. The van der Waals surface area contributed by atoms with E-state index in [1.165, 1.54) is 0 Å². The molecule has 1 aliphatic heterocycles. The maximum Gasteiger partial charge on any atom is 0.192 e. The second-order valence-electron chi connectivity index (χ2n) is 20.4. The summed E-state index contributed by atoms with van der Waals surface area (Å²) in [6.07, 6.45) is -2.27. The fourth-order valence-electron chi connectivity index (χ4n) is 4.91. The van der Waals surface area contributed by atoms with Crippen LogP contribution < -0.4 is 0 Å². The van der Waals surface area contributed by atoms with Crippen molar-refractivity contribution in [3.05, 3.63) is 0 Å². The predicted molar refractivity (Wildman–Crippen MR) is 203 cm³/mol. The van der Waals surface area contributed by atoms with E-state index in [0.29, 0.717) is 6.61 Å².